The summed E-state index contributed by atoms with van der Waals surface area (Å²) in [5, 5.41) is 7.69. The maximum Gasteiger partial charge on any atom is 0.272 e. The molecular formula is C23H21N3O2S3. The maximum absolute atomic E-state index is 13.1. The van der Waals surface area contributed by atoms with Gasteiger partial charge in [-0.05, 0) is 53.3 Å². The molecule has 1 aliphatic rings. The van der Waals surface area contributed by atoms with Gasteiger partial charge in [-0.15, -0.1) is 22.7 Å². The van der Waals surface area contributed by atoms with Crippen molar-refractivity contribution in [2.45, 2.75) is 37.0 Å². The molecule has 0 bridgehead atoms. The number of nitrogens with one attached hydrogen (secondary N) is 1. The first-order valence-electron chi connectivity index (χ1n) is 10.2. The molecule has 1 N–H and O–H groups in total. The molecule has 0 saturated heterocycles. The van der Waals surface area contributed by atoms with Gasteiger partial charge in [-0.3, -0.25) is 14.2 Å². The minimum atomic E-state index is -0.0313. The lowest BCUT2D eigenvalue weighted by Crippen LogP contribution is -2.29. The van der Waals surface area contributed by atoms with Crippen molar-refractivity contribution in [2.24, 2.45) is 0 Å². The summed E-state index contributed by atoms with van der Waals surface area (Å²) >= 11 is 4.44. The number of thiophene rings is 2. The zero-order chi connectivity index (χ0) is 21.2. The van der Waals surface area contributed by atoms with E-state index in [0.717, 1.165) is 19.3 Å². The molecule has 5 nitrogen and oxygen atoms in total. The number of rotatable bonds is 7. The number of hydrogen-bond acceptors (Lipinski definition) is 6. The number of thioether (sulfide) groups is 1. The van der Waals surface area contributed by atoms with Crippen molar-refractivity contribution >= 4 is 50.6 Å². The van der Waals surface area contributed by atoms with Gasteiger partial charge in [-0.2, -0.15) is 0 Å². The van der Waals surface area contributed by atoms with Crippen LogP contribution in [-0.2, 0) is 24.2 Å². The van der Waals surface area contributed by atoms with Crippen LogP contribution in [0, 0.1) is 0 Å². The number of fused-ring (bicyclic) bond motifs is 2. The molecule has 0 fully saturated rings. The predicted octanol–water partition coefficient (Wildman–Crippen LogP) is 4.66. The van der Waals surface area contributed by atoms with Crippen molar-refractivity contribution in [3.63, 3.8) is 0 Å². The van der Waals surface area contributed by atoms with E-state index >= 15 is 0 Å². The summed E-state index contributed by atoms with van der Waals surface area (Å²) in [6, 6.07) is 14.3. The highest BCUT2D eigenvalue weighted by Gasteiger charge is 2.23. The number of nitrogens with zero attached hydrogens (tertiary/aromatic N) is 2. The van der Waals surface area contributed by atoms with Gasteiger partial charge in [0.25, 0.3) is 5.56 Å². The first kappa shape index (κ1) is 20.5. The molecule has 3 heterocycles. The van der Waals surface area contributed by atoms with Crippen molar-refractivity contribution in [1.29, 1.82) is 0 Å². The minimum Gasteiger partial charge on any atom is -0.349 e. The molecule has 1 amide bonds. The van der Waals surface area contributed by atoms with Crippen LogP contribution >= 0.6 is 34.4 Å². The molecular weight excluding hydrogens is 446 g/mol. The van der Waals surface area contributed by atoms with E-state index in [1.165, 1.54) is 39.1 Å². The van der Waals surface area contributed by atoms with Crippen LogP contribution in [0.5, 0.6) is 0 Å². The van der Waals surface area contributed by atoms with E-state index in [9.17, 15) is 9.59 Å². The molecule has 158 valence electrons. The van der Waals surface area contributed by atoms with E-state index < -0.39 is 0 Å². The summed E-state index contributed by atoms with van der Waals surface area (Å²) in [5.74, 6) is 0.205. The predicted molar refractivity (Wildman–Crippen MR) is 128 cm³/mol. The standard InChI is InChI=1S/C23H21N3O2S3/c27-20(24-18-8-7-15-4-1-2-6-17(15)18)14-31-23-25-19-10-13-30-21(19)22(28)26(23)11-9-16-5-3-12-29-16/h1-6,10,12-13,18H,7-9,11,14H2,(H,24,27)/t18-/m1/s1. The Morgan fingerprint density at radius 2 is 2.06 bits per heavy atom. The summed E-state index contributed by atoms with van der Waals surface area (Å²) in [4.78, 5) is 31.7. The highest BCUT2D eigenvalue weighted by atomic mass is 32.2. The second-order valence-electron chi connectivity index (χ2n) is 7.46. The SMILES string of the molecule is O=C(CSc1nc2ccsc2c(=O)n1CCc1cccs1)N[C@@H]1CCc2ccccc21. The molecule has 0 spiro atoms. The van der Waals surface area contributed by atoms with Gasteiger partial charge < -0.3 is 5.32 Å². The van der Waals surface area contributed by atoms with Gasteiger partial charge in [-0.1, -0.05) is 42.1 Å². The van der Waals surface area contributed by atoms with E-state index in [4.69, 9.17) is 4.98 Å². The second kappa shape index (κ2) is 8.98. The fourth-order valence-corrected chi connectivity index (χ4v) is 6.29. The Morgan fingerprint density at radius 3 is 2.94 bits per heavy atom. The van der Waals surface area contributed by atoms with Gasteiger partial charge in [0.1, 0.15) is 4.70 Å². The number of benzene rings is 1. The highest BCUT2D eigenvalue weighted by Crippen LogP contribution is 2.31. The molecule has 1 aromatic carbocycles. The highest BCUT2D eigenvalue weighted by molar-refractivity contribution is 7.99. The van der Waals surface area contributed by atoms with Crippen molar-refractivity contribution < 1.29 is 4.79 Å². The monoisotopic (exact) mass is 467 g/mol. The average molecular weight is 468 g/mol. The largest absolute Gasteiger partial charge is 0.349 e. The summed E-state index contributed by atoms with van der Waals surface area (Å²) < 4.78 is 2.39. The molecule has 31 heavy (non-hydrogen) atoms. The number of aryl methyl sites for hydroxylation is 2. The number of hydrogen-bond donors (Lipinski definition) is 1. The van der Waals surface area contributed by atoms with Gasteiger partial charge in [0.05, 0.1) is 17.3 Å². The van der Waals surface area contributed by atoms with Gasteiger partial charge in [0.15, 0.2) is 5.16 Å². The Labute approximate surface area is 192 Å². The zero-order valence-corrected chi connectivity index (χ0v) is 19.2. The van der Waals surface area contributed by atoms with Gasteiger partial charge in [-0.25, -0.2) is 4.98 Å². The number of carbonyl (C=O) groups is 1. The lowest BCUT2D eigenvalue weighted by Gasteiger charge is -2.15. The van der Waals surface area contributed by atoms with Crippen LogP contribution in [0.2, 0.25) is 0 Å². The topological polar surface area (TPSA) is 64.0 Å². The van der Waals surface area contributed by atoms with E-state index in [2.05, 4.69) is 23.5 Å². The fourth-order valence-electron chi connectivity index (χ4n) is 3.98. The van der Waals surface area contributed by atoms with Crippen LogP contribution < -0.4 is 10.9 Å². The van der Waals surface area contributed by atoms with Crippen LogP contribution in [0.3, 0.4) is 0 Å². The summed E-state index contributed by atoms with van der Waals surface area (Å²) in [6.07, 6.45) is 2.70. The third kappa shape index (κ3) is 4.33. The Hall–Kier alpha value is -2.42. The normalized spacial score (nSPS) is 15.3. The first-order chi connectivity index (χ1) is 15.2. The van der Waals surface area contributed by atoms with Gasteiger partial charge >= 0.3 is 0 Å². The smallest absolute Gasteiger partial charge is 0.272 e. The maximum atomic E-state index is 13.1. The Bertz CT molecular complexity index is 1280. The van der Waals surface area contributed by atoms with E-state index in [1.807, 2.05) is 35.0 Å². The van der Waals surface area contributed by atoms with Crippen LogP contribution in [0.4, 0.5) is 0 Å². The Balaban J connectivity index is 1.31. The second-order valence-corrected chi connectivity index (χ2v) is 10.4. The molecule has 8 heteroatoms. The Morgan fingerprint density at radius 1 is 1.16 bits per heavy atom. The first-order valence-corrected chi connectivity index (χ1v) is 12.9. The minimum absolute atomic E-state index is 0.0239. The summed E-state index contributed by atoms with van der Waals surface area (Å²) in [7, 11) is 0. The lowest BCUT2D eigenvalue weighted by atomic mass is 10.1. The molecule has 1 atom stereocenters. The fraction of sp³-hybridized carbons (Fsp3) is 0.261. The molecule has 5 rings (SSSR count). The molecule has 0 saturated carbocycles. The quantitative estimate of drug-likeness (QED) is 0.317. The van der Waals surface area contributed by atoms with Crippen molar-refractivity contribution in [2.75, 3.05) is 5.75 Å². The van der Waals surface area contributed by atoms with Crippen molar-refractivity contribution in [3.05, 3.63) is 79.6 Å². The van der Waals surface area contributed by atoms with Crippen LogP contribution in [-0.4, -0.2) is 21.2 Å². The third-order valence-corrected chi connectivity index (χ3v) is 8.30. The molecule has 0 radical (unpaired) electrons. The van der Waals surface area contributed by atoms with Gasteiger partial charge in [0.2, 0.25) is 5.91 Å². The van der Waals surface area contributed by atoms with Crippen LogP contribution in [0.1, 0.15) is 28.5 Å². The Kier molecular flexibility index (Phi) is 5.93. The number of carbonyl (C=O) groups excluding carboxylic acids is 1. The molecule has 4 aromatic rings. The van der Waals surface area contributed by atoms with Crippen LogP contribution in [0.25, 0.3) is 10.2 Å². The lowest BCUT2D eigenvalue weighted by molar-refractivity contribution is -0.119. The van der Waals surface area contributed by atoms with E-state index in [0.29, 0.717) is 21.9 Å². The van der Waals surface area contributed by atoms with Crippen molar-refractivity contribution in [1.82, 2.24) is 14.9 Å². The number of amides is 1. The average Bonchev–Trinajstić information content (AvgIpc) is 3.53. The summed E-state index contributed by atoms with van der Waals surface area (Å²) in [5.41, 5.74) is 3.21. The van der Waals surface area contributed by atoms with E-state index in [-0.39, 0.29) is 23.3 Å². The zero-order valence-electron chi connectivity index (χ0n) is 16.7. The molecule has 3 aromatic heterocycles. The molecule has 0 aliphatic heterocycles. The summed E-state index contributed by atoms with van der Waals surface area (Å²) in [6.45, 7) is 0.556. The third-order valence-electron chi connectivity index (χ3n) is 5.49. The van der Waals surface area contributed by atoms with Crippen molar-refractivity contribution in [3.8, 4) is 0 Å². The number of aromatic nitrogens is 2. The van der Waals surface area contributed by atoms with E-state index in [1.54, 1.807) is 15.9 Å². The van der Waals surface area contributed by atoms with Gasteiger partial charge in [0, 0.05) is 11.4 Å². The molecule has 1 aliphatic carbocycles. The molecule has 0 unspecified atom stereocenters. The van der Waals surface area contributed by atoms with Crippen LogP contribution in [0.15, 0.2) is 63.2 Å².